The third-order valence-electron chi connectivity index (χ3n) is 5.51. The van der Waals surface area contributed by atoms with Gasteiger partial charge in [-0.15, -0.1) is 0 Å². The predicted octanol–water partition coefficient (Wildman–Crippen LogP) is 4.30. The molecule has 0 amide bonds. The second-order valence-corrected chi connectivity index (χ2v) is 6.95. The molecule has 0 spiro atoms. The fourth-order valence-corrected chi connectivity index (χ4v) is 4.43. The zero-order chi connectivity index (χ0) is 15.4. The molecule has 3 nitrogen and oxygen atoms in total. The molecule has 2 unspecified atom stereocenters. The van der Waals surface area contributed by atoms with Crippen LogP contribution in [0.3, 0.4) is 0 Å². The molecule has 0 saturated carbocycles. The van der Waals surface area contributed by atoms with E-state index in [1.165, 1.54) is 12.8 Å². The Morgan fingerprint density at radius 1 is 0.957 bits per heavy atom. The average molecular weight is 305 g/mol. The molecule has 0 aliphatic carbocycles. The van der Waals surface area contributed by atoms with Crippen LogP contribution >= 0.6 is 0 Å². The van der Waals surface area contributed by atoms with Gasteiger partial charge in [0.05, 0.1) is 5.56 Å². The van der Waals surface area contributed by atoms with Gasteiger partial charge in [0.15, 0.2) is 5.78 Å². The van der Waals surface area contributed by atoms with Gasteiger partial charge in [-0.3, -0.25) is 4.79 Å². The largest absolute Gasteiger partial charge is 0.455 e. The molecule has 116 valence electrons. The molecular formula is C20H19NO2. The normalized spacial score (nSPS) is 26.9. The zero-order valence-electron chi connectivity index (χ0n) is 12.9. The van der Waals surface area contributed by atoms with E-state index < -0.39 is 0 Å². The Kier molecular flexibility index (Phi) is 2.86. The van der Waals surface area contributed by atoms with Crippen molar-refractivity contribution in [3.8, 4) is 0 Å². The van der Waals surface area contributed by atoms with Crippen molar-refractivity contribution in [2.45, 2.75) is 37.8 Å². The van der Waals surface area contributed by atoms with Gasteiger partial charge in [0, 0.05) is 28.8 Å². The van der Waals surface area contributed by atoms with E-state index in [4.69, 9.17) is 4.42 Å². The van der Waals surface area contributed by atoms with E-state index >= 15 is 0 Å². The summed E-state index contributed by atoms with van der Waals surface area (Å²) in [6.45, 7) is 0. The maximum atomic E-state index is 13.1. The van der Waals surface area contributed by atoms with Gasteiger partial charge in [-0.25, -0.2) is 0 Å². The first-order valence-corrected chi connectivity index (χ1v) is 8.50. The highest BCUT2D eigenvalue weighted by Crippen LogP contribution is 2.36. The molecule has 3 heterocycles. The van der Waals surface area contributed by atoms with Crippen molar-refractivity contribution in [2.24, 2.45) is 5.92 Å². The lowest BCUT2D eigenvalue weighted by atomic mass is 9.85. The molecule has 2 aliphatic rings. The second kappa shape index (κ2) is 4.93. The van der Waals surface area contributed by atoms with Crippen LogP contribution in [0.5, 0.6) is 0 Å². The molecule has 2 aliphatic heterocycles. The van der Waals surface area contributed by atoms with E-state index in [0.29, 0.717) is 12.1 Å². The summed E-state index contributed by atoms with van der Waals surface area (Å²) in [5.41, 5.74) is 2.36. The molecule has 1 N–H and O–H groups in total. The van der Waals surface area contributed by atoms with E-state index in [1.54, 1.807) is 0 Å². The van der Waals surface area contributed by atoms with Crippen molar-refractivity contribution >= 4 is 27.7 Å². The smallest absolute Gasteiger partial charge is 0.169 e. The Balaban J connectivity index is 1.61. The molecule has 23 heavy (non-hydrogen) atoms. The minimum Gasteiger partial charge on any atom is -0.455 e. The third-order valence-corrected chi connectivity index (χ3v) is 5.51. The van der Waals surface area contributed by atoms with Gasteiger partial charge >= 0.3 is 0 Å². The first-order chi connectivity index (χ1) is 11.3. The lowest BCUT2D eigenvalue weighted by Crippen LogP contribution is -2.40. The minimum absolute atomic E-state index is 0.132. The van der Waals surface area contributed by atoms with Crippen LogP contribution in [0.1, 0.15) is 36.0 Å². The Bertz CT molecular complexity index is 898. The van der Waals surface area contributed by atoms with Crippen molar-refractivity contribution in [3.05, 3.63) is 48.0 Å². The summed E-state index contributed by atoms with van der Waals surface area (Å²) in [7, 11) is 0. The zero-order valence-corrected chi connectivity index (χ0v) is 12.9. The molecule has 2 saturated heterocycles. The summed E-state index contributed by atoms with van der Waals surface area (Å²) in [6, 6.07) is 15.0. The Hall–Kier alpha value is -2.13. The number of rotatable bonds is 2. The maximum Gasteiger partial charge on any atom is 0.169 e. The number of fused-ring (bicyclic) bond motifs is 5. The third kappa shape index (κ3) is 2.03. The van der Waals surface area contributed by atoms with Crippen molar-refractivity contribution in [3.63, 3.8) is 0 Å². The van der Waals surface area contributed by atoms with E-state index in [-0.39, 0.29) is 11.7 Å². The van der Waals surface area contributed by atoms with Crippen molar-refractivity contribution in [1.29, 1.82) is 0 Å². The van der Waals surface area contributed by atoms with Crippen LogP contribution in [0, 0.1) is 5.92 Å². The number of piperidine rings is 1. The number of hydrogen-bond acceptors (Lipinski definition) is 3. The number of benzene rings is 2. The molecule has 5 rings (SSSR count). The van der Waals surface area contributed by atoms with Crippen LogP contribution in [0.4, 0.5) is 0 Å². The van der Waals surface area contributed by atoms with E-state index in [9.17, 15) is 4.79 Å². The van der Waals surface area contributed by atoms with E-state index in [2.05, 4.69) is 11.4 Å². The molecule has 2 atom stereocenters. The molecular weight excluding hydrogens is 286 g/mol. The lowest BCUT2D eigenvalue weighted by molar-refractivity contribution is 0.0876. The SMILES string of the molecule is O=C(c1cccc2c1oc1ccccc12)C1CC2CCC(C1)N2. The Morgan fingerprint density at radius 2 is 1.70 bits per heavy atom. The van der Waals surface area contributed by atoms with Gasteiger partial charge in [-0.05, 0) is 37.8 Å². The molecule has 3 heteroatoms. The summed E-state index contributed by atoms with van der Waals surface area (Å²) in [5, 5.41) is 5.74. The molecule has 3 aromatic rings. The minimum atomic E-state index is 0.132. The van der Waals surface area contributed by atoms with Gasteiger partial charge in [0.25, 0.3) is 0 Å². The Morgan fingerprint density at radius 3 is 2.52 bits per heavy atom. The van der Waals surface area contributed by atoms with Crippen LogP contribution in [-0.4, -0.2) is 17.9 Å². The van der Waals surface area contributed by atoms with Gasteiger partial charge in [0.2, 0.25) is 0 Å². The summed E-state index contributed by atoms with van der Waals surface area (Å²) in [6.07, 6.45) is 4.35. The summed E-state index contributed by atoms with van der Waals surface area (Å²) >= 11 is 0. The quantitative estimate of drug-likeness (QED) is 0.718. The summed E-state index contributed by atoms with van der Waals surface area (Å²) in [4.78, 5) is 13.1. The number of Topliss-reactive ketones (excluding diaryl/α,β-unsaturated/α-hetero) is 1. The lowest BCUT2D eigenvalue weighted by Gasteiger charge is -2.28. The number of hydrogen-bond donors (Lipinski definition) is 1. The van der Waals surface area contributed by atoms with Gasteiger partial charge in [0.1, 0.15) is 11.2 Å². The maximum absolute atomic E-state index is 13.1. The number of carbonyl (C=O) groups is 1. The number of para-hydroxylation sites is 2. The van der Waals surface area contributed by atoms with E-state index in [1.807, 2.05) is 36.4 Å². The van der Waals surface area contributed by atoms with Gasteiger partial charge in [-0.1, -0.05) is 30.3 Å². The van der Waals surface area contributed by atoms with Crippen molar-refractivity contribution in [1.82, 2.24) is 5.32 Å². The first-order valence-electron chi connectivity index (χ1n) is 8.50. The van der Waals surface area contributed by atoms with Gasteiger partial charge < -0.3 is 9.73 Å². The monoisotopic (exact) mass is 305 g/mol. The fourth-order valence-electron chi connectivity index (χ4n) is 4.43. The van der Waals surface area contributed by atoms with Crippen molar-refractivity contribution in [2.75, 3.05) is 0 Å². The van der Waals surface area contributed by atoms with Crippen molar-refractivity contribution < 1.29 is 9.21 Å². The molecule has 2 aromatic carbocycles. The fraction of sp³-hybridized carbons (Fsp3) is 0.350. The molecule has 1 aromatic heterocycles. The highest BCUT2D eigenvalue weighted by Gasteiger charge is 2.37. The number of ketones is 1. The standard InChI is InChI=1S/C20H19NO2/c22-19(12-10-13-8-9-14(11-12)21-13)17-6-3-5-16-15-4-1-2-7-18(15)23-20(16)17/h1-7,12-14,21H,8-11H2. The van der Waals surface area contributed by atoms with Crippen LogP contribution < -0.4 is 5.32 Å². The molecule has 0 radical (unpaired) electrons. The average Bonchev–Trinajstić information content (AvgIpc) is 3.13. The van der Waals surface area contributed by atoms with Crippen LogP contribution in [-0.2, 0) is 0 Å². The molecule has 2 fully saturated rings. The number of furan rings is 1. The number of nitrogens with one attached hydrogen (secondary N) is 1. The second-order valence-electron chi connectivity index (χ2n) is 6.95. The van der Waals surface area contributed by atoms with Crippen LogP contribution in [0.2, 0.25) is 0 Å². The van der Waals surface area contributed by atoms with Crippen LogP contribution in [0.15, 0.2) is 46.9 Å². The highest BCUT2D eigenvalue weighted by molar-refractivity contribution is 6.14. The first kappa shape index (κ1) is 13.3. The predicted molar refractivity (Wildman–Crippen MR) is 90.7 cm³/mol. The van der Waals surface area contributed by atoms with E-state index in [0.717, 1.165) is 40.3 Å². The number of carbonyl (C=O) groups excluding carboxylic acids is 1. The highest BCUT2D eigenvalue weighted by atomic mass is 16.3. The van der Waals surface area contributed by atoms with Crippen LogP contribution in [0.25, 0.3) is 21.9 Å². The molecule has 2 bridgehead atoms. The summed E-state index contributed by atoms with van der Waals surface area (Å²) in [5.74, 6) is 0.389. The summed E-state index contributed by atoms with van der Waals surface area (Å²) < 4.78 is 6.03. The van der Waals surface area contributed by atoms with Gasteiger partial charge in [-0.2, -0.15) is 0 Å². The topological polar surface area (TPSA) is 42.2 Å². The Labute approximate surface area is 134 Å².